The number of carbonyl (C=O) groups is 2. The Labute approximate surface area is 197 Å². The summed E-state index contributed by atoms with van der Waals surface area (Å²) < 4.78 is 0. The normalized spacial score (nSPS) is 11.8. The molecule has 8 heteroatoms. The topological polar surface area (TPSA) is 49.4 Å². The van der Waals surface area contributed by atoms with Crippen molar-refractivity contribution in [2.24, 2.45) is 0 Å². The van der Waals surface area contributed by atoms with Crippen LogP contribution in [0.1, 0.15) is 32.3 Å². The van der Waals surface area contributed by atoms with Gasteiger partial charge in [-0.1, -0.05) is 40.9 Å². The van der Waals surface area contributed by atoms with Crippen LogP contribution in [-0.4, -0.2) is 35.1 Å². The van der Waals surface area contributed by atoms with Crippen molar-refractivity contribution in [2.45, 2.75) is 44.2 Å². The van der Waals surface area contributed by atoms with E-state index in [1.54, 1.807) is 41.8 Å². The van der Waals surface area contributed by atoms with Gasteiger partial charge in [-0.3, -0.25) is 9.59 Å². The highest BCUT2D eigenvalue weighted by atomic mass is 35.5. The molecular weight excluding hydrogens is 463 g/mol. The van der Waals surface area contributed by atoms with Crippen LogP contribution in [0.25, 0.3) is 0 Å². The number of rotatable bonds is 10. The van der Waals surface area contributed by atoms with Crippen LogP contribution in [0.4, 0.5) is 0 Å². The molecule has 0 fully saturated rings. The molecular formula is C22H25Cl3N2O2S. The Bertz CT molecular complexity index is 862. The molecule has 0 unspecified atom stereocenters. The van der Waals surface area contributed by atoms with E-state index in [0.29, 0.717) is 34.5 Å². The molecule has 0 saturated carbocycles. The SMILES string of the molecule is CCNC(=O)[C@@H](C)N(Cc1ccc(Cl)cc1Cl)C(=O)CCCSc1ccc(Cl)cc1. The van der Waals surface area contributed by atoms with E-state index in [4.69, 9.17) is 34.8 Å². The van der Waals surface area contributed by atoms with Gasteiger partial charge in [-0.05, 0) is 68.0 Å². The van der Waals surface area contributed by atoms with Gasteiger partial charge >= 0.3 is 0 Å². The second-order valence-electron chi connectivity index (χ2n) is 6.73. The highest BCUT2D eigenvalue weighted by Crippen LogP contribution is 2.25. The molecule has 0 aromatic heterocycles. The monoisotopic (exact) mass is 486 g/mol. The number of hydrogen-bond acceptors (Lipinski definition) is 3. The number of nitrogens with one attached hydrogen (secondary N) is 1. The molecule has 2 aromatic rings. The van der Waals surface area contributed by atoms with E-state index in [1.807, 2.05) is 31.2 Å². The summed E-state index contributed by atoms with van der Waals surface area (Å²) in [5.41, 5.74) is 0.751. The smallest absolute Gasteiger partial charge is 0.242 e. The highest BCUT2D eigenvalue weighted by Gasteiger charge is 2.26. The summed E-state index contributed by atoms with van der Waals surface area (Å²) in [6.07, 6.45) is 1.04. The van der Waals surface area contributed by atoms with Gasteiger partial charge in [-0.25, -0.2) is 0 Å². The molecule has 0 aliphatic rings. The molecule has 0 aliphatic heterocycles. The predicted molar refractivity (Wildman–Crippen MR) is 127 cm³/mol. The first kappa shape index (κ1) is 24.9. The van der Waals surface area contributed by atoms with Gasteiger partial charge in [0.2, 0.25) is 11.8 Å². The molecule has 1 N–H and O–H groups in total. The molecule has 0 bridgehead atoms. The molecule has 0 radical (unpaired) electrons. The minimum Gasteiger partial charge on any atom is -0.355 e. The Kier molecular flexibility index (Phi) is 10.3. The summed E-state index contributed by atoms with van der Waals surface area (Å²) in [5.74, 6) is 0.515. The fraction of sp³-hybridized carbons (Fsp3) is 0.364. The lowest BCUT2D eigenvalue weighted by molar-refractivity contribution is -0.140. The van der Waals surface area contributed by atoms with E-state index in [9.17, 15) is 9.59 Å². The van der Waals surface area contributed by atoms with Crippen molar-refractivity contribution in [3.8, 4) is 0 Å². The summed E-state index contributed by atoms with van der Waals surface area (Å²) >= 11 is 19.8. The van der Waals surface area contributed by atoms with Crippen molar-refractivity contribution in [3.05, 3.63) is 63.1 Å². The number of thioether (sulfide) groups is 1. The van der Waals surface area contributed by atoms with E-state index in [1.165, 1.54) is 0 Å². The first-order chi connectivity index (χ1) is 14.3. The van der Waals surface area contributed by atoms with Gasteiger partial charge in [-0.2, -0.15) is 0 Å². The zero-order chi connectivity index (χ0) is 22.1. The van der Waals surface area contributed by atoms with Crippen LogP contribution >= 0.6 is 46.6 Å². The van der Waals surface area contributed by atoms with Gasteiger partial charge in [0.25, 0.3) is 0 Å². The van der Waals surface area contributed by atoms with Crippen molar-refractivity contribution in [1.82, 2.24) is 10.2 Å². The summed E-state index contributed by atoms with van der Waals surface area (Å²) in [5, 5.41) is 4.48. The van der Waals surface area contributed by atoms with E-state index >= 15 is 0 Å². The maximum Gasteiger partial charge on any atom is 0.242 e. The first-order valence-corrected chi connectivity index (χ1v) is 11.8. The summed E-state index contributed by atoms with van der Waals surface area (Å²) in [6, 6.07) is 12.2. The van der Waals surface area contributed by atoms with Crippen molar-refractivity contribution >= 4 is 58.4 Å². The van der Waals surface area contributed by atoms with Crippen LogP contribution in [0, 0.1) is 0 Å². The van der Waals surface area contributed by atoms with Crippen molar-refractivity contribution in [1.29, 1.82) is 0 Å². The third kappa shape index (κ3) is 7.69. The van der Waals surface area contributed by atoms with Gasteiger partial charge in [0, 0.05) is 39.5 Å². The van der Waals surface area contributed by atoms with Gasteiger partial charge in [0.15, 0.2) is 0 Å². The lowest BCUT2D eigenvalue weighted by Crippen LogP contribution is -2.47. The molecule has 2 amide bonds. The van der Waals surface area contributed by atoms with E-state index in [0.717, 1.165) is 16.2 Å². The Hall–Kier alpha value is -1.40. The van der Waals surface area contributed by atoms with Gasteiger partial charge in [0.1, 0.15) is 6.04 Å². The molecule has 0 spiro atoms. The van der Waals surface area contributed by atoms with Gasteiger partial charge < -0.3 is 10.2 Å². The fourth-order valence-electron chi connectivity index (χ4n) is 2.83. The molecule has 30 heavy (non-hydrogen) atoms. The molecule has 0 saturated heterocycles. The first-order valence-electron chi connectivity index (χ1n) is 9.71. The van der Waals surface area contributed by atoms with Crippen LogP contribution in [0.2, 0.25) is 15.1 Å². The number of likely N-dealkylation sites (N-methyl/N-ethyl adjacent to an activating group) is 1. The number of nitrogens with zero attached hydrogens (tertiary/aromatic N) is 1. The van der Waals surface area contributed by atoms with Crippen molar-refractivity contribution < 1.29 is 9.59 Å². The third-order valence-electron chi connectivity index (χ3n) is 4.49. The Morgan fingerprint density at radius 3 is 2.37 bits per heavy atom. The number of amides is 2. The maximum absolute atomic E-state index is 13.0. The molecule has 162 valence electrons. The zero-order valence-electron chi connectivity index (χ0n) is 17.0. The van der Waals surface area contributed by atoms with Crippen LogP contribution < -0.4 is 5.32 Å². The van der Waals surface area contributed by atoms with Crippen LogP contribution in [0.15, 0.2) is 47.4 Å². The third-order valence-corrected chi connectivity index (χ3v) is 6.43. The Morgan fingerprint density at radius 2 is 1.73 bits per heavy atom. The number of carbonyl (C=O) groups excluding carboxylic acids is 2. The van der Waals surface area contributed by atoms with E-state index < -0.39 is 6.04 Å². The van der Waals surface area contributed by atoms with Gasteiger partial charge in [-0.15, -0.1) is 11.8 Å². The molecule has 2 rings (SSSR count). The summed E-state index contributed by atoms with van der Waals surface area (Å²) in [6.45, 7) is 4.33. The number of hydrogen-bond donors (Lipinski definition) is 1. The standard InChI is InChI=1S/C22H25Cl3N2O2S/c1-3-26-22(29)15(2)27(14-16-6-7-18(24)13-20(16)25)21(28)5-4-12-30-19-10-8-17(23)9-11-19/h6-11,13,15H,3-5,12,14H2,1-2H3,(H,26,29)/t15-/m1/s1. The lowest BCUT2D eigenvalue weighted by Gasteiger charge is -2.29. The lowest BCUT2D eigenvalue weighted by atomic mass is 10.1. The average molecular weight is 488 g/mol. The number of halogens is 3. The van der Waals surface area contributed by atoms with Crippen LogP contribution in [-0.2, 0) is 16.1 Å². The molecule has 0 aliphatic carbocycles. The van der Waals surface area contributed by atoms with E-state index in [-0.39, 0.29) is 18.4 Å². The summed E-state index contributed by atoms with van der Waals surface area (Å²) in [7, 11) is 0. The molecule has 2 aromatic carbocycles. The van der Waals surface area contributed by atoms with E-state index in [2.05, 4.69) is 5.32 Å². The second-order valence-corrected chi connectivity index (χ2v) is 9.18. The van der Waals surface area contributed by atoms with Crippen molar-refractivity contribution in [2.75, 3.05) is 12.3 Å². The van der Waals surface area contributed by atoms with Crippen LogP contribution in [0.5, 0.6) is 0 Å². The quantitative estimate of drug-likeness (QED) is 0.327. The average Bonchev–Trinajstić information content (AvgIpc) is 2.71. The number of benzene rings is 2. The van der Waals surface area contributed by atoms with Crippen LogP contribution in [0.3, 0.4) is 0 Å². The predicted octanol–water partition coefficient (Wildman–Crippen LogP) is 6.07. The van der Waals surface area contributed by atoms with Crippen molar-refractivity contribution in [3.63, 3.8) is 0 Å². The Morgan fingerprint density at radius 1 is 1.07 bits per heavy atom. The largest absolute Gasteiger partial charge is 0.355 e. The molecule has 1 atom stereocenters. The maximum atomic E-state index is 13.0. The summed E-state index contributed by atoms with van der Waals surface area (Å²) in [4.78, 5) is 28.0. The fourth-order valence-corrected chi connectivity index (χ4v) is 4.27. The van der Waals surface area contributed by atoms with Gasteiger partial charge in [0.05, 0.1) is 0 Å². The Balaban J connectivity index is 2.01. The second kappa shape index (κ2) is 12.5. The minimum absolute atomic E-state index is 0.0866. The molecule has 4 nitrogen and oxygen atoms in total. The minimum atomic E-state index is -0.604. The molecule has 0 heterocycles. The highest BCUT2D eigenvalue weighted by molar-refractivity contribution is 7.99. The zero-order valence-corrected chi connectivity index (χ0v) is 20.0.